The normalized spacial score (nSPS) is 11.5. The Hall–Kier alpha value is -1.56. The lowest BCUT2D eigenvalue weighted by Crippen LogP contribution is -1.90. The van der Waals surface area contributed by atoms with Crippen LogP contribution in [0.3, 0.4) is 0 Å². The molecule has 0 atom stereocenters. The molecule has 0 saturated heterocycles. The Kier molecular flexibility index (Phi) is 17.3. The Morgan fingerprint density at radius 3 is 1.74 bits per heavy atom. The monoisotopic (exact) mass is 314 g/mol. The lowest BCUT2D eigenvalue weighted by Gasteiger charge is -2.11. The fourth-order valence-electron chi connectivity index (χ4n) is 1.98. The lowest BCUT2D eigenvalue weighted by molar-refractivity contribution is 1.09. The van der Waals surface area contributed by atoms with E-state index < -0.39 is 0 Å². The van der Waals surface area contributed by atoms with Crippen molar-refractivity contribution < 1.29 is 0 Å². The van der Waals surface area contributed by atoms with Gasteiger partial charge in [-0.15, -0.1) is 0 Å². The van der Waals surface area contributed by atoms with Crippen molar-refractivity contribution in [3.8, 4) is 0 Å². The van der Waals surface area contributed by atoms with Crippen LogP contribution in [0.15, 0.2) is 54.1 Å². The van der Waals surface area contributed by atoms with Gasteiger partial charge in [0, 0.05) is 0 Å². The van der Waals surface area contributed by atoms with Gasteiger partial charge in [0.2, 0.25) is 0 Å². The second-order valence-corrected chi connectivity index (χ2v) is 5.51. The van der Waals surface area contributed by atoms with E-state index in [2.05, 4.69) is 78.0 Å². The van der Waals surface area contributed by atoms with Gasteiger partial charge in [-0.05, 0) is 62.8 Å². The first kappa shape index (κ1) is 23.7. The first-order chi connectivity index (χ1) is 11.0. The molecule has 0 unspecified atom stereocenters. The maximum absolute atomic E-state index is 2.32. The van der Waals surface area contributed by atoms with Crippen molar-refractivity contribution in [2.45, 2.75) is 74.7 Å². The molecule has 0 aliphatic carbocycles. The third kappa shape index (κ3) is 11.6. The molecule has 0 aliphatic rings. The van der Waals surface area contributed by atoms with Crippen LogP contribution in [0.4, 0.5) is 0 Å². The molecule has 0 N–H and O–H groups in total. The summed E-state index contributed by atoms with van der Waals surface area (Å²) in [4.78, 5) is 0. The Labute approximate surface area is 146 Å². The molecule has 0 spiro atoms. The first-order valence-corrected chi connectivity index (χ1v) is 9.04. The van der Waals surface area contributed by atoms with Gasteiger partial charge < -0.3 is 0 Å². The van der Waals surface area contributed by atoms with Crippen LogP contribution < -0.4 is 0 Å². The molecule has 0 nitrogen and oxygen atoms in total. The predicted octanol–water partition coefficient (Wildman–Crippen LogP) is 8.14. The molecule has 23 heavy (non-hydrogen) atoms. The van der Waals surface area contributed by atoms with Gasteiger partial charge in [-0.2, -0.15) is 0 Å². The Bertz CT molecular complexity index is 469. The predicted molar refractivity (Wildman–Crippen MR) is 110 cm³/mol. The van der Waals surface area contributed by atoms with Crippen molar-refractivity contribution in [1.82, 2.24) is 0 Å². The van der Waals surface area contributed by atoms with Crippen LogP contribution in [-0.2, 0) is 0 Å². The van der Waals surface area contributed by atoms with E-state index in [4.69, 9.17) is 0 Å². The molecule has 0 radical (unpaired) electrons. The van der Waals surface area contributed by atoms with Crippen molar-refractivity contribution in [2.24, 2.45) is 0 Å². The van der Waals surface area contributed by atoms with Crippen molar-refractivity contribution in [1.29, 1.82) is 0 Å². The molecule has 0 heteroatoms. The second kappa shape index (κ2) is 16.8. The summed E-state index contributed by atoms with van der Waals surface area (Å²) in [5.41, 5.74) is 5.50. The van der Waals surface area contributed by atoms with Gasteiger partial charge in [-0.1, -0.05) is 82.7 Å². The van der Waals surface area contributed by atoms with Gasteiger partial charge in [-0.3, -0.25) is 0 Å². The molecule has 0 saturated carbocycles. The summed E-state index contributed by atoms with van der Waals surface area (Å²) in [6.45, 7) is 17.0. The van der Waals surface area contributed by atoms with Gasteiger partial charge in [0.05, 0.1) is 0 Å². The maximum atomic E-state index is 2.32. The summed E-state index contributed by atoms with van der Waals surface area (Å²) >= 11 is 0. The average molecular weight is 315 g/mol. The molecular weight excluding hydrogens is 276 g/mol. The smallest absolute Gasteiger partial charge is 0.0155 e. The van der Waals surface area contributed by atoms with Crippen molar-refractivity contribution in [3.63, 3.8) is 0 Å². The first-order valence-electron chi connectivity index (χ1n) is 9.04. The highest BCUT2D eigenvalue weighted by Gasteiger charge is 2.05. The molecule has 0 aromatic heterocycles. The number of hydrogen-bond acceptors (Lipinski definition) is 0. The quantitative estimate of drug-likeness (QED) is 0.388. The number of hydrogen-bond donors (Lipinski definition) is 0. The van der Waals surface area contributed by atoms with E-state index in [0.29, 0.717) is 0 Å². The van der Waals surface area contributed by atoms with Crippen LogP contribution in [0, 0.1) is 6.92 Å². The molecule has 1 aromatic carbocycles. The fourth-order valence-corrected chi connectivity index (χ4v) is 1.98. The Morgan fingerprint density at radius 2 is 1.35 bits per heavy atom. The minimum absolute atomic E-state index is 1.08. The van der Waals surface area contributed by atoms with Crippen LogP contribution in [-0.4, -0.2) is 0 Å². The summed E-state index contributed by atoms with van der Waals surface area (Å²) in [5.74, 6) is 0. The summed E-state index contributed by atoms with van der Waals surface area (Å²) in [6.07, 6.45) is 12.1. The van der Waals surface area contributed by atoms with Crippen LogP contribution in [0.1, 0.15) is 78.9 Å². The molecule has 0 heterocycles. The number of rotatable bonds is 4. The average Bonchev–Trinajstić information content (AvgIpc) is 2.54. The standard InChI is InChI=1S/C16H22.C4H8.C3H8/c1-5-9-13(3)15(10-6-2)16-12-8-7-11-14(16)4;1-3-4-2;1-3-2/h7-12H,5-6H2,1-4H3;3-4H,1-2H3;3H2,1-2H3/b13-9-,15-10+;4-3+;. The highest BCUT2D eigenvalue weighted by Crippen LogP contribution is 2.26. The third-order valence-corrected chi connectivity index (χ3v) is 3.11. The van der Waals surface area contributed by atoms with E-state index in [1.165, 1.54) is 28.7 Å². The van der Waals surface area contributed by atoms with Crippen LogP contribution in [0.5, 0.6) is 0 Å². The van der Waals surface area contributed by atoms with E-state index >= 15 is 0 Å². The molecular formula is C23H38. The Balaban J connectivity index is 0. The molecule has 0 aliphatic heterocycles. The zero-order chi connectivity index (χ0) is 18.1. The van der Waals surface area contributed by atoms with Crippen molar-refractivity contribution >= 4 is 5.57 Å². The van der Waals surface area contributed by atoms with Crippen LogP contribution in [0.2, 0.25) is 0 Å². The zero-order valence-electron chi connectivity index (χ0n) is 16.7. The molecule has 0 bridgehead atoms. The number of allylic oxidation sites excluding steroid dienone is 6. The van der Waals surface area contributed by atoms with Gasteiger partial charge in [0.1, 0.15) is 0 Å². The second-order valence-electron chi connectivity index (χ2n) is 5.51. The maximum Gasteiger partial charge on any atom is -0.0155 e. The van der Waals surface area contributed by atoms with Gasteiger partial charge in [0.15, 0.2) is 0 Å². The third-order valence-electron chi connectivity index (χ3n) is 3.11. The SMILES string of the molecule is C/C=C/C.CC/C=C(C)\C(=C/CC)c1ccccc1C.CCC. The summed E-state index contributed by atoms with van der Waals surface area (Å²) in [7, 11) is 0. The van der Waals surface area contributed by atoms with E-state index in [-0.39, 0.29) is 0 Å². The van der Waals surface area contributed by atoms with Crippen LogP contribution in [0.25, 0.3) is 5.57 Å². The van der Waals surface area contributed by atoms with E-state index in [1.807, 2.05) is 26.0 Å². The van der Waals surface area contributed by atoms with E-state index in [0.717, 1.165) is 12.8 Å². The lowest BCUT2D eigenvalue weighted by atomic mass is 9.94. The van der Waals surface area contributed by atoms with Crippen molar-refractivity contribution in [3.05, 3.63) is 65.3 Å². The zero-order valence-corrected chi connectivity index (χ0v) is 16.7. The van der Waals surface area contributed by atoms with Gasteiger partial charge in [0.25, 0.3) is 0 Å². The fraction of sp³-hybridized carbons (Fsp3) is 0.478. The largest absolute Gasteiger partial charge is 0.0919 e. The summed E-state index contributed by atoms with van der Waals surface area (Å²) in [6, 6.07) is 8.61. The number of aryl methyl sites for hydroxylation is 1. The summed E-state index contributed by atoms with van der Waals surface area (Å²) < 4.78 is 0. The van der Waals surface area contributed by atoms with Crippen molar-refractivity contribution in [2.75, 3.05) is 0 Å². The molecule has 1 aromatic rings. The van der Waals surface area contributed by atoms with E-state index in [1.54, 1.807) is 0 Å². The highest BCUT2D eigenvalue weighted by molar-refractivity contribution is 5.79. The van der Waals surface area contributed by atoms with E-state index in [9.17, 15) is 0 Å². The Morgan fingerprint density at radius 1 is 0.870 bits per heavy atom. The molecule has 0 amide bonds. The van der Waals surface area contributed by atoms with Crippen LogP contribution >= 0.6 is 0 Å². The topological polar surface area (TPSA) is 0 Å². The van der Waals surface area contributed by atoms with Gasteiger partial charge in [-0.25, -0.2) is 0 Å². The van der Waals surface area contributed by atoms with Gasteiger partial charge >= 0.3 is 0 Å². The minimum atomic E-state index is 1.08. The molecule has 1 rings (SSSR count). The summed E-state index contributed by atoms with van der Waals surface area (Å²) in [5, 5.41) is 0. The highest BCUT2D eigenvalue weighted by atomic mass is 14.1. The molecule has 0 fully saturated rings. The number of benzene rings is 1. The minimum Gasteiger partial charge on any atom is -0.0919 e. The molecule has 130 valence electrons.